The molecule has 0 saturated carbocycles. The van der Waals surface area contributed by atoms with Crippen LogP contribution in [0.15, 0.2) is 30.3 Å². The van der Waals surface area contributed by atoms with Crippen molar-refractivity contribution in [3.63, 3.8) is 0 Å². The van der Waals surface area contributed by atoms with Crippen LogP contribution in [0.4, 0.5) is 0 Å². The minimum absolute atomic E-state index is 0.0310. The van der Waals surface area contributed by atoms with Crippen LogP contribution in [0, 0.1) is 0 Å². The first-order valence-corrected chi connectivity index (χ1v) is 4.78. The number of nitrogens with one attached hydrogen (secondary N) is 1. The second kappa shape index (κ2) is 4.48. The molecule has 0 radical (unpaired) electrons. The highest BCUT2D eigenvalue weighted by atomic mass is 16.1. The Balaban J connectivity index is 2.20. The SMILES string of the molecule is CC(=O)C=Cc1ccc(-c2nnn[nH]2)cc1. The summed E-state index contributed by atoms with van der Waals surface area (Å²) in [7, 11) is 0. The average molecular weight is 214 g/mol. The van der Waals surface area contributed by atoms with E-state index in [1.807, 2.05) is 24.3 Å². The van der Waals surface area contributed by atoms with Gasteiger partial charge in [-0.1, -0.05) is 30.3 Å². The maximum absolute atomic E-state index is 10.8. The van der Waals surface area contributed by atoms with Gasteiger partial charge in [-0.3, -0.25) is 4.79 Å². The number of allylic oxidation sites excluding steroid dienone is 1. The molecule has 0 bridgehead atoms. The van der Waals surface area contributed by atoms with Crippen molar-refractivity contribution in [3.05, 3.63) is 35.9 Å². The van der Waals surface area contributed by atoms with Crippen LogP contribution in [-0.4, -0.2) is 26.4 Å². The Morgan fingerprint density at radius 2 is 2.06 bits per heavy atom. The summed E-state index contributed by atoms with van der Waals surface area (Å²) in [6.07, 6.45) is 3.30. The smallest absolute Gasteiger partial charge is 0.179 e. The number of tetrazole rings is 1. The van der Waals surface area contributed by atoms with E-state index in [1.54, 1.807) is 6.08 Å². The van der Waals surface area contributed by atoms with Gasteiger partial charge in [0.15, 0.2) is 11.6 Å². The first-order valence-electron chi connectivity index (χ1n) is 4.78. The molecule has 1 aromatic heterocycles. The van der Waals surface area contributed by atoms with Gasteiger partial charge in [-0.25, -0.2) is 5.10 Å². The molecule has 0 atom stereocenters. The third kappa shape index (κ3) is 2.38. The molecule has 1 heterocycles. The minimum atomic E-state index is 0.0310. The lowest BCUT2D eigenvalue weighted by Crippen LogP contribution is -1.82. The van der Waals surface area contributed by atoms with Crippen molar-refractivity contribution in [3.8, 4) is 11.4 Å². The molecular weight excluding hydrogens is 204 g/mol. The number of H-pyrrole nitrogens is 1. The molecule has 1 N–H and O–H groups in total. The van der Waals surface area contributed by atoms with E-state index in [0.717, 1.165) is 11.1 Å². The summed E-state index contributed by atoms with van der Waals surface area (Å²) in [5, 5.41) is 13.5. The van der Waals surface area contributed by atoms with Crippen LogP contribution in [0.5, 0.6) is 0 Å². The van der Waals surface area contributed by atoms with E-state index in [2.05, 4.69) is 20.6 Å². The standard InChI is InChI=1S/C11H10N4O/c1-8(16)2-3-9-4-6-10(7-5-9)11-12-14-15-13-11/h2-7H,1H3,(H,12,13,14,15). The first kappa shape index (κ1) is 10.2. The van der Waals surface area contributed by atoms with Gasteiger partial charge in [0, 0.05) is 5.56 Å². The van der Waals surface area contributed by atoms with Gasteiger partial charge >= 0.3 is 0 Å². The fraction of sp³-hybridized carbons (Fsp3) is 0.0909. The Bertz CT molecular complexity index is 499. The summed E-state index contributed by atoms with van der Waals surface area (Å²) < 4.78 is 0. The number of carbonyl (C=O) groups excluding carboxylic acids is 1. The van der Waals surface area contributed by atoms with E-state index in [1.165, 1.54) is 13.0 Å². The number of aromatic nitrogens is 4. The third-order valence-electron chi connectivity index (χ3n) is 2.04. The van der Waals surface area contributed by atoms with Crippen LogP contribution in [-0.2, 0) is 4.79 Å². The second-order valence-electron chi connectivity index (χ2n) is 3.32. The summed E-state index contributed by atoms with van der Waals surface area (Å²) in [5.41, 5.74) is 1.87. The lowest BCUT2D eigenvalue weighted by atomic mass is 10.1. The normalized spacial score (nSPS) is 10.8. The minimum Gasteiger partial charge on any atom is -0.295 e. The second-order valence-corrected chi connectivity index (χ2v) is 3.32. The number of rotatable bonds is 3. The zero-order chi connectivity index (χ0) is 11.4. The zero-order valence-electron chi connectivity index (χ0n) is 8.71. The van der Waals surface area contributed by atoms with Gasteiger partial charge in [-0.05, 0) is 29.0 Å². The number of hydrogen-bond acceptors (Lipinski definition) is 4. The fourth-order valence-corrected chi connectivity index (χ4v) is 1.25. The van der Waals surface area contributed by atoms with Crippen molar-refractivity contribution in [1.82, 2.24) is 20.6 Å². The molecule has 0 saturated heterocycles. The first-order chi connectivity index (χ1) is 7.75. The third-order valence-corrected chi connectivity index (χ3v) is 2.04. The summed E-state index contributed by atoms with van der Waals surface area (Å²) in [5.74, 6) is 0.658. The molecule has 0 fully saturated rings. The molecule has 2 aromatic rings. The topological polar surface area (TPSA) is 71.5 Å². The van der Waals surface area contributed by atoms with Crippen molar-refractivity contribution in [1.29, 1.82) is 0 Å². The van der Waals surface area contributed by atoms with Gasteiger partial charge in [0.1, 0.15) is 0 Å². The summed E-state index contributed by atoms with van der Waals surface area (Å²) in [6.45, 7) is 1.52. The maximum atomic E-state index is 10.8. The van der Waals surface area contributed by atoms with Crippen LogP contribution in [0.25, 0.3) is 17.5 Å². The lowest BCUT2D eigenvalue weighted by molar-refractivity contribution is -0.112. The largest absolute Gasteiger partial charge is 0.295 e. The number of ketones is 1. The van der Waals surface area contributed by atoms with Gasteiger partial charge in [0.2, 0.25) is 0 Å². The van der Waals surface area contributed by atoms with E-state index in [4.69, 9.17) is 0 Å². The van der Waals surface area contributed by atoms with Crippen molar-refractivity contribution in [2.45, 2.75) is 6.92 Å². The van der Waals surface area contributed by atoms with E-state index in [9.17, 15) is 4.79 Å². The maximum Gasteiger partial charge on any atom is 0.179 e. The molecule has 0 spiro atoms. The van der Waals surface area contributed by atoms with Gasteiger partial charge in [-0.15, -0.1) is 5.10 Å². The van der Waals surface area contributed by atoms with Gasteiger partial charge in [-0.2, -0.15) is 0 Å². The average Bonchev–Trinajstić information content (AvgIpc) is 2.80. The Morgan fingerprint density at radius 1 is 1.31 bits per heavy atom. The fourth-order valence-electron chi connectivity index (χ4n) is 1.25. The summed E-state index contributed by atoms with van der Waals surface area (Å²) in [4.78, 5) is 10.8. The molecule has 1 aromatic carbocycles. The molecule has 80 valence electrons. The van der Waals surface area contributed by atoms with Gasteiger partial charge in [0.25, 0.3) is 0 Å². The Morgan fingerprint density at radius 3 is 2.62 bits per heavy atom. The highest BCUT2D eigenvalue weighted by Gasteiger charge is 1.99. The van der Waals surface area contributed by atoms with Crippen molar-refractivity contribution in [2.75, 3.05) is 0 Å². The van der Waals surface area contributed by atoms with Crippen LogP contribution in [0.2, 0.25) is 0 Å². The quantitative estimate of drug-likeness (QED) is 0.785. The van der Waals surface area contributed by atoms with Crippen molar-refractivity contribution in [2.24, 2.45) is 0 Å². The number of aromatic amines is 1. The predicted molar refractivity (Wildman–Crippen MR) is 59.3 cm³/mol. The van der Waals surface area contributed by atoms with Crippen LogP contribution >= 0.6 is 0 Å². The lowest BCUT2D eigenvalue weighted by Gasteiger charge is -1.96. The van der Waals surface area contributed by atoms with E-state index < -0.39 is 0 Å². The molecular formula is C11H10N4O. The Hall–Kier alpha value is -2.30. The Labute approximate surface area is 92.2 Å². The number of nitrogens with zero attached hydrogens (tertiary/aromatic N) is 3. The highest BCUT2D eigenvalue weighted by Crippen LogP contribution is 2.14. The molecule has 5 nitrogen and oxygen atoms in total. The van der Waals surface area contributed by atoms with Crippen LogP contribution in [0.3, 0.4) is 0 Å². The van der Waals surface area contributed by atoms with Crippen LogP contribution < -0.4 is 0 Å². The molecule has 0 aliphatic carbocycles. The Kier molecular flexibility index (Phi) is 2.86. The van der Waals surface area contributed by atoms with Gasteiger partial charge < -0.3 is 0 Å². The molecule has 2 rings (SSSR count). The highest BCUT2D eigenvalue weighted by molar-refractivity contribution is 5.91. The number of carbonyl (C=O) groups is 1. The number of hydrogen-bond donors (Lipinski definition) is 1. The molecule has 5 heteroatoms. The molecule has 16 heavy (non-hydrogen) atoms. The van der Waals surface area contributed by atoms with E-state index in [0.29, 0.717) is 5.82 Å². The zero-order valence-corrected chi connectivity index (χ0v) is 8.71. The monoisotopic (exact) mass is 214 g/mol. The van der Waals surface area contributed by atoms with Gasteiger partial charge in [0.05, 0.1) is 0 Å². The van der Waals surface area contributed by atoms with Crippen molar-refractivity contribution >= 4 is 11.9 Å². The molecule has 0 aliphatic heterocycles. The van der Waals surface area contributed by atoms with Crippen molar-refractivity contribution < 1.29 is 4.79 Å². The predicted octanol–water partition coefficient (Wildman–Crippen LogP) is 1.47. The number of benzene rings is 1. The van der Waals surface area contributed by atoms with E-state index in [-0.39, 0.29) is 5.78 Å². The molecule has 0 unspecified atom stereocenters. The summed E-state index contributed by atoms with van der Waals surface area (Å²) in [6, 6.07) is 7.58. The van der Waals surface area contributed by atoms with Crippen LogP contribution in [0.1, 0.15) is 12.5 Å². The molecule has 0 aliphatic rings. The van der Waals surface area contributed by atoms with E-state index >= 15 is 0 Å². The molecule has 0 amide bonds. The summed E-state index contributed by atoms with van der Waals surface area (Å²) >= 11 is 0.